The molecule has 0 spiro atoms. The van der Waals surface area contributed by atoms with Gasteiger partial charge in [-0.1, -0.05) is 31.5 Å². The van der Waals surface area contributed by atoms with Gasteiger partial charge in [-0.15, -0.1) is 0 Å². The number of carboxylic acids is 1. The number of aromatic carboxylic acids is 1. The Bertz CT molecular complexity index is 775. The zero-order valence-corrected chi connectivity index (χ0v) is 11.5. The molecule has 0 aliphatic carbocycles. The van der Waals surface area contributed by atoms with Gasteiger partial charge < -0.3 is 9.52 Å². The van der Waals surface area contributed by atoms with Gasteiger partial charge in [0.05, 0.1) is 11.3 Å². The maximum Gasteiger partial charge on any atom is 0.339 e. The Morgan fingerprint density at radius 1 is 1.33 bits per heavy atom. The molecule has 0 atom stereocenters. The van der Waals surface area contributed by atoms with Gasteiger partial charge in [0.1, 0.15) is 5.58 Å². The molecule has 0 saturated heterocycles. The summed E-state index contributed by atoms with van der Waals surface area (Å²) in [7, 11) is 0. The molecule has 3 rings (SSSR count). The number of carbonyl (C=O) groups is 1. The number of para-hydroxylation sites is 1. The first-order chi connectivity index (χ1) is 10.2. The van der Waals surface area contributed by atoms with Crippen molar-refractivity contribution in [3.63, 3.8) is 0 Å². The maximum absolute atomic E-state index is 11.2. The summed E-state index contributed by atoms with van der Waals surface area (Å²) in [6.45, 7) is 1.98. The third kappa shape index (κ3) is 2.50. The van der Waals surface area contributed by atoms with Crippen LogP contribution >= 0.6 is 0 Å². The second-order valence-electron chi connectivity index (χ2n) is 4.76. The molecule has 0 aliphatic heterocycles. The highest BCUT2D eigenvalue weighted by Gasteiger charge is 2.15. The average molecular weight is 282 g/mol. The molecule has 1 N–H and O–H groups in total. The van der Waals surface area contributed by atoms with Crippen molar-refractivity contribution in [1.82, 2.24) is 9.97 Å². The van der Waals surface area contributed by atoms with Crippen LogP contribution in [0.1, 0.15) is 29.4 Å². The van der Waals surface area contributed by atoms with Crippen molar-refractivity contribution < 1.29 is 14.3 Å². The molecule has 2 aromatic heterocycles. The van der Waals surface area contributed by atoms with Crippen LogP contribution in [0.15, 0.2) is 40.9 Å². The van der Waals surface area contributed by atoms with E-state index in [-0.39, 0.29) is 5.56 Å². The van der Waals surface area contributed by atoms with E-state index < -0.39 is 5.97 Å². The molecule has 5 nitrogen and oxygen atoms in total. The van der Waals surface area contributed by atoms with Crippen LogP contribution in [0.3, 0.4) is 0 Å². The van der Waals surface area contributed by atoms with Crippen molar-refractivity contribution in [3.05, 3.63) is 47.8 Å². The number of aryl methyl sites for hydroxylation is 1. The van der Waals surface area contributed by atoms with E-state index in [1.807, 2.05) is 37.3 Å². The van der Waals surface area contributed by atoms with E-state index in [9.17, 15) is 4.79 Å². The molecule has 2 heterocycles. The number of carboxylic acid groups (broad SMARTS) is 1. The van der Waals surface area contributed by atoms with Gasteiger partial charge in [-0.3, -0.25) is 0 Å². The summed E-state index contributed by atoms with van der Waals surface area (Å²) in [5.41, 5.74) is 1.45. The number of furan rings is 1. The molecule has 3 aromatic rings. The Kier molecular flexibility index (Phi) is 3.39. The predicted molar refractivity (Wildman–Crippen MR) is 78.2 cm³/mol. The summed E-state index contributed by atoms with van der Waals surface area (Å²) < 4.78 is 5.72. The van der Waals surface area contributed by atoms with E-state index in [0.717, 1.165) is 17.4 Å². The fourth-order valence-electron chi connectivity index (χ4n) is 2.23. The zero-order valence-electron chi connectivity index (χ0n) is 11.5. The number of rotatable bonds is 4. The van der Waals surface area contributed by atoms with E-state index >= 15 is 0 Å². The predicted octanol–water partition coefficient (Wildman–Crippen LogP) is 3.54. The molecule has 5 heteroatoms. The minimum absolute atomic E-state index is 0.150. The monoisotopic (exact) mass is 282 g/mol. The molecule has 0 unspecified atom stereocenters. The maximum atomic E-state index is 11.2. The minimum atomic E-state index is -1.00. The number of hydrogen-bond donors (Lipinski definition) is 1. The molecule has 0 aliphatic rings. The molecular weight excluding hydrogens is 268 g/mol. The molecule has 0 amide bonds. The smallest absolute Gasteiger partial charge is 0.339 e. The third-order valence-corrected chi connectivity index (χ3v) is 3.23. The lowest BCUT2D eigenvalue weighted by Gasteiger charge is -2.04. The SMILES string of the molecule is CCCc1nc(-c2cc3ccccc3o2)ncc1C(=O)O. The van der Waals surface area contributed by atoms with Gasteiger partial charge in [-0.25, -0.2) is 14.8 Å². The molecule has 0 bridgehead atoms. The first-order valence-corrected chi connectivity index (χ1v) is 6.77. The number of nitrogens with zero attached hydrogens (tertiary/aromatic N) is 2. The normalized spacial score (nSPS) is 10.9. The zero-order chi connectivity index (χ0) is 14.8. The van der Waals surface area contributed by atoms with Crippen LogP contribution in [0, 0.1) is 0 Å². The first kappa shape index (κ1) is 13.3. The van der Waals surface area contributed by atoms with Crippen molar-refractivity contribution in [2.45, 2.75) is 19.8 Å². The average Bonchev–Trinajstić information content (AvgIpc) is 2.91. The fourth-order valence-corrected chi connectivity index (χ4v) is 2.23. The standard InChI is InChI=1S/C16H14N2O3/c1-2-5-12-11(16(19)20)9-17-15(18-12)14-8-10-6-3-4-7-13(10)21-14/h3-4,6-9H,2,5H2,1H3,(H,19,20). The Balaban J connectivity index is 2.09. The topological polar surface area (TPSA) is 76.2 Å². The first-order valence-electron chi connectivity index (χ1n) is 6.77. The van der Waals surface area contributed by atoms with E-state index in [2.05, 4.69) is 9.97 Å². The van der Waals surface area contributed by atoms with Crippen molar-refractivity contribution in [1.29, 1.82) is 0 Å². The highest BCUT2D eigenvalue weighted by molar-refractivity contribution is 5.89. The summed E-state index contributed by atoms with van der Waals surface area (Å²) in [6.07, 6.45) is 2.76. The molecule has 106 valence electrons. The Morgan fingerprint density at radius 2 is 2.14 bits per heavy atom. The molecule has 0 fully saturated rings. The Labute approximate surface area is 121 Å². The van der Waals surface area contributed by atoms with Gasteiger partial charge in [0.2, 0.25) is 0 Å². The second kappa shape index (κ2) is 5.36. The fraction of sp³-hybridized carbons (Fsp3) is 0.188. The van der Waals surface area contributed by atoms with Crippen molar-refractivity contribution in [2.75, 3.05) is 0 Å². The summed E-state index contributed by atoms with van der Waals surface area (Å²) in [5.74, 6) is -0.0419. The molecule has 0 saturated carbocycles. The molecular formula is C16H14N2O3. The van der Waals surface area contributed by atoms with Gasteiger partial charge >= 0.3 is 5.97 Å². The number of benzene rings is 1. The van der Waals surface area contributed by atoms with Gasteiger partial charge in [-0.05, 0) is 18.6 Å². The summed E-state index contributed by atoms with van der Waals surface area (Å²) in [4.78, 5) is 19.7. The highest BCUT2D eigenvalue weighted by Crippen LogP contribution is 2.26. The van der Waals surface area contributed by atoms with E-state index in [1.54, 1.807) is 0 Å². The highest BCUT2D eigenvalue weighted by atomic mass is 16.4. The van der Waals surface area contributed by atoms with E-state index in [0.29, 0.717) is 23.7 Å². The summed E-state index contributed by atoms with van der Waals surface area (Å²) in [5, 5.41) is 10.1. The minimum Gasteiger partial charge on any atom is -0.478 e. The van der Waals surface area contributed by atoms with Crippen molar-refractivity contribution in [2.24, 2.45) is 0 Å². The van der Waals surface area contributed by atoms with Gasteiger partial charge in [0, 0.05) is 11.6 Å². The summed E-state index contributed by atoms with van der Waals surface area (Å²) >= 11 is 0. The third-order valence-electron chi connectivity index (χ3n) is 3.23. The van der Waals surface area contributed by atoms with Crippen LogP contribution < -0.4 is 0 Å². The second-order valence-corrected chi connectivity index (χ2v) is 4.76. The molecule has 0 radical (unpaired) electrons. The van der Waals surface area contributed by atoms with E-state index in [1.165, 1.54) is 6.20 Å². The van der Waals surface area contributed by atoms with Crippen LogP contribution in [-0.2, 0) is 6.42 Å². The van der Waals surface area contributed by atoms with Crippen molar-refractivity contribution in [3.8, 4) is 11.6 Å². The number of aromatic nitrogens is 2. The lowest BCUT2D eigenvalue weighted by molar-refractivity contribution is 0.0694. The van der Waals surface area contributed by atoms with Crippen LogP contribution in [0.25, 0.3) is 22.6 Å². The van der Waals surface area contributed by atoms with Gasteiger partial charge in [0.25, 0.3) is 0 Å². The summed E-state index contributed by atoms with van der Waals surface area (Å²) in [6, 6.07) is 9.50. The lowest BCUT2D eigenvalue weighted by atomic mass is 10.1. The van der Waals surface area contributed by atoms with Crippen LogP contribution in [0.4, 0.5) is 0 Å². The lowest BCUT2D eigenvalue weighted by Crippen LogP contribution is -2.07. The van der Waals surface area contributed by atoms with Gasteiger partial charge in [0.15, 0.2) is 11.6 Å². The largest absolute Gasteiger partial charge is 0.478 e. The number of fused-ring (bicyclic) bond motifs is 1. The molecule has 1 aromatic carbocycles. The van der Waals surface area contributed by atoms with Crippen molar-refractivity contribution >= 4 is 16.9 Å². The van der Waals surface area contributed by atoms with Crippen LogP contribution in [0.5, 0.6) is 0 Å². The van der Waals surface area contributed by atoms with Gasteiger partial charge in [-0.2, -0.15) is 0 Å². The Hall–Kier alpha value is -2.69. The van der Waals surface area contributed by atoms with Crippen LogP contribution in [0.2, 0.25) is 0 Å². The quantitative estimate of drug-likeness (QED) is 0.792. The van der Waals surface area contributed by atoms with E-state index in [4.69, 9.17) is 9.52 Å². The number of hydrogen-bond acceptors (Lipinski definition) is 4. The molecule has 21 heavy (non-hydrogen) atoms. The van der Waals surface area contributed by atoms with Crippen LogP contribution in [-0.4, -0.2) is 21.0 Å². The Morgan fingerprint density at radius 3 is 2.86 bits per heavy atom.